The van der Waals surface area contributed by atoms with Gasteiger partial charge < -0.3 is 14.2 Å². The van der Waals surface area contributed by atoms with Crippen LogP contribution in [0.4, 0.5) is 0 Å². The highest BCUT2D eigenvalue weighted by atomic mass is 16.6. The van der Waals surface area contributed by atoms with Crippen molar-refractivity contribution in [3.05, 3.63) is 109 Å². The SMILES string of the molecule is CC/C=C\C/C=C\C/C=C\C/C=C\CCCCCCCCCCCCCCCCC(=O)OCC(COC(=O)CCCCCCC/C=C\CCC)OC(=O)CCCCCC/C=C\C/C=C\C/C=C\C/C=C\CC. The normalized spacial score (nSPS) is 12.9. The third-order valence-electron chi connectivity index (χ3n) is 12.5. The highest BCUT2D eigenvalue weighted by Gasteiger charge is 2.19. The maximum atomic E-state index is 12.8. The van der Waals surface area contributed by atoms with E-state index in [1.807, 2.05) is 0 Å². The Kier molecular flexibility index (Phi) is 56.4. The molecule has 0 aliphatic rings. The third-order valence-corrected chi connectivity index (χ3v) is 12.5. The first kappa shape index (κ1) is 68.1. The summed E-state index contributed by atoms with van der Waals surface area (Å²) in [5.74, 6) is -0.925. The minimum absolute atomic E-state index is 0.0912. The molecule has 6 heteroatoms. The molecule has 1 unspecified atom stereocenters. The van der Waals surface area contributed by atoms with Crippen molar-refractivity contribution in [1.82, 2.24) is 0 Å². The Morgan fingerprint density at radius 3 is 0.861 bits per heavy atom. The van der Waals surface area contributed by atoms with Crippen LogP contribution in [0.5, 0.6) is 0 Å². The molecule has 410 valence electrons. The topological polar surface area (TPSA) is 78.9 Å². The number of hydrogen-bond donors (Lipinski definition) is 0. The Morgan fingerprint density at radius 2 is 0.542 bits per heavy atom. The van der Waals surface area contributed by atoms with Crippen molar-refractivity contribution >= 4 is 17.9 Å². The Bertz CT molecular complexity index is 1470. The summed E-state index contributed by atoms with van der Waals surface area (Å²) in [4.78, 5) is 38.1. The molecule has 6 nitrogen and oxygen atoms in total. The lowest BCUT2D eigenvalue weighted by atomic mass is 10.0. The lowest BCUT2D eigenvalue weighted by molar-refractivity contribution is -0.167. The number of unbranched alkanes of at least 4 members (excludes halogenated alkanes) is 24. The maximum Gasteiger partial charge on any atom is 0.306 e. The van der Waals surface area contributed by atoms with E-state index in [9.17, 15) is 14.4 Å². The van der Waals surface area contributed by atoms with E-state index in [-0.39, 0.29) is 31.1 Å². The summed E-state index contributed by atoms with van der Waals surface area (Å²) < 4.78 is 16.8. The van der Waals surface area contributed by atoms with Crippen LogP contribution in [-0.4, -0.2) is 37.2 Å². The summed E-state index contributed by atoms with van der Waals surface area (Å²) in [6, 6.07) is 0. The molecule has 0 aromatic rings. The van der Waals surface area contributed by atoms with Gasteiger partial charge in [-0.2, -0.15) is 0 Å². The smallest absolute Gasteiger partial charge is 0.306 e. The highest BCUT2D eigenvalue weighted by Crippen LogP contribution is 2.16. The van der Waals surface area contributed by atoms with E-state index in [4.69, 9.17) is 14.2 Å². The number of allylic oxidation sites excluding steroid dienone is 18. The van der Waals surface area contributed by atoms with Gasteiger partial charge in [-0.3, -0.25) is 14.4 Å². The van der Waals surface area contributed by atoms with Crippen molar-refractivity contribution in [3.8, 4) is 0 Å². The highest BCUT2D eigenvalue weighted by molar-refractivity contribution is 5.71. The van der Waals surface area contributed by atoms with E-state index >= 15 is 0 Å². The number of carbonyl (C=O) groups excluding carboxylic acids is 3. The lowest BCUT2D eigenvalue weighted by Crippen LogP contribution is -2.30. The first-order chi connectivity index (χ1) is 35.5. The van der Waals surface area contributed by atoms with Gasteiger partial charge in [0.1, 0.15) is 13.2 Å². The summed E-state index contributed by atoms with van der Waals surface area (Å²) in [5.41, 5.74) is 0. The molecule has 0 saturated heterocycles. The number of ether oxygens (including phenoxy) is 3. The van der Waals surface area contributed by atoms with Gasteiger partial charge >= 0.3 is 17.9 Å². The van der Waals surface area contributed by atoms with Crippen LogP contribution < -0.4 is 0 Å². The van der Waals surface area contributed by atoms with Gasteiger partial charge in [-0.25, -0.2) is 0 Å². The van der Waals surface area contributed by atoms with Crippen LogP contribution in [0.3, 0.4) is 0 Å². The predicted molar refractivity (Wildman–Crippen MR) is 311 cm³/mol. The Morgan fingerprint density at radius 1 is 0.292 bits per heavy atom. The molecule has 0 rings (SSSR count). The fourth-order valence-corrected chi connectivity index (χ4v) is 8.07. The molecule has 0 aliphatic heterocycles. The standard InChI is InChI=1S/C66H110O6/c1-4-7-10-13-16-19-22-24-26-28-29-30-31-32-33-34-35-36-37-39-40-42-44-47-50-53-56-59-65(68)71-62-63(61-70-64(67)58-55-52-49-46-21-18-15-12-9-6-3)72-66(69)60-57-54-51-48-45-43-41-38-27-25-23-20-17-14-11-8-5-2/h7-8,10-12,15-17,19-20,24-27,29-30,41,43,63H,4-6,9,13-14,18,21-23,28,31-40,42,44-62H2,1-3H3/b10-7-,11-8-,15-12-,19-16-,20-17-,26-24-,27-25-,30-29-,43-41-. The maximum absolute atomic E-state index is 12.8. The molecule has 0 aromatic heterocycles. The predicted octanol–water partition coefficient (Wildman–Crippen LogP) is 20.3. The summed E-state index contributed by atoms with van der Waals surface area (Å²) in [7, 11) is 0. The van der Waals surface area contributed by atoms with Crippen LogP contribution in [0, 0.1) is 0 Å². The summed E-state index contributed by atoms with van der Waals surface area (Å²) in [5, 5.41) is 0. The molecule has 0 spiro atoms. The van der Waals surface area contributed by atoms with Crippen molar-refractivity contribution in [2.45, 2.75) is 277 Å². The number of rotatable bonds is 53. The summed E-state index contributed by atoms with van der Waals surface area (Å²) in [6.07, 6.45) is 81.0. The summed E-state index contributed by atoms with van der Waals surface area (Å²) >= 11 is 0. The molecule has 72 heavy (non-hydrogen) atoms. The van der Waals surface area contributed by atoms with Crippen LogP contribution >= 0.6 is 0 Å². The van der Waals surface area contributed by atoms with Gasteiger partial charge in [0.05, 0.1) is 0 Å². The van der Waals surface area contributed by atoms with Crippen LogP contribution in [0.1, 0.15) is 271 Å². The fourth-order valence-electron chi connectivity index (χ4n) is 8.07. The van der Waals surface area contributed by atoms with Gasteiger partial charge in [0.2, 0.25) is 0 Å². The van der Waals surface area contributed by atoms with Crippen LogP contribution in [0.15, 0.2) is 109 Å². The largest absolute Gasteiger partial charge is 0.462 e. The molecule has 0 fully saturated rings. The van der Waals surface area contributed by atoms with Gasteiger partial charge in [-0.1, -0.05) is 246 Å². The molecule has 1 atom stereocenters. The molecule has 0 bridgehead atoms. The molecule has 0 N–H and O–H groups in total. The number of esters is 3. The van der Waals surface area contributed by atoms with E-state index in [1.165, 1.54) is 89.9 Å². The molecule has 0 aliphatic carbocycles. The monoisotopic (exact) mass is 999 g/mol. The first-order valence-electron chi connectivity index (χ1n) is 29.9. The van der Waals surface area contributed by atoms with E-state index in [2.05, 4.69) is 130 Å². The molecule has 0 radical (unpaired) electrons. The second-order valence-corrected chi connectivity index (χ2v) is 19.5. The van der Waals surface area contributed by atoms with Crippen molar-refractivity contribution in [3.63, 3.8) is 0 Å². The van der Waals surface area contributed by atoms with Crippen molar-refractivity contribution in [2.75, 3.05) is 13.2 Å². The second-order valence-electron chi connectivity index (χ2n) is 19.5. The van der Waals surface area contributed by atoms with E-state index in [0.29, 0.717) is 19.3 Å². The molecular weight excluding hydrogens is 889 g/mol. The van der Waals surface area contributed by atoms with Crippen molar-refractivity contribution in [1.29, 1.82) is 0 Å². The van der Waals surface area contributed by atoms with Gasteiger partial charge in [0, 0.05) is 19.3 Å². The van der Waals surface area contributed by atoms with Gasteiger partial charge in [0.15, 0.2) is 6.10 Å². The lowest BCUT2D eigenvalue weighted by Gasteiger charge is -2.18. The third kappa shape index (κ3) is 57.0. The fraction of sp³-hybridized carbons (Fsp3) is 0.682. The Labute approximate surface area is 444 Å². The minimum atomic E-state index is -0.795. The van der Waals surface area contributed by atoms with Crippen molar-refractivity contribution < 1.29 is 28.6 Å². The molecule has 0 amide bonds. The zero-order chi connectivity index (χ0) is 52.2. The summed E-state index contributed by atoms with van der Waals surface area (Å²) in [6.45, 7) is 6.33. The first-order valence-corrected chi connectivity index (χ1v) is 29.9. The minimum Gasteiger partial charge on any atom is -0.462 e. The van der Waals surface area contributed by atoms with Gasteiger partial charge in [-0.15, -0.1) is 0 Å². The van der Waals surface area contributed by atoms with Crippen molar-refractivity contribution in [2.24, 2.45) is 0 Å². The average molecular weight is 1000 g/mol. The molecule has 0 saturated carbocycles. The van der Waals surface area contributed by atoms with Gasteiger partial charge in [-0.05, 0) is 116 Å². The van der Waals surface area contributed by atoms with E-state index in [0.717, 1.165) is 141 Å². The second kappa shape index (κ2) is 59.6. The Balaban J connectivity index is 4.25. The average Bonchev–Trinajstić information content (AvgIpc) is 3.38. The zero-order valence-corrected chi connectivity index (χ0v) is 46.9. The number of carbonyl (C=O) groups is 3. The van der Waals surface area contributed by atoms with Crippen LogP contribution in [-0.2, 0) is 28.6 Å². The van der Waals surface area contributed by atoms with Gasteiger partial charge in [0.25, 0.3) is 0 Å². The number of hydrogen-bond acceptors (Lipinski definition) is 6. The quantitative estimate of drug-likeness (QED) is 0.0261. The van der Waals surface area contributed by atoms with Crippen LogP contribution in [0.25, 0.3) is 0 Å². The molecular formula is C66H110O6. The van der Waals surface area contributed by atoms with E-state index < -0.39 is 6.10 Å². The zero-order valence-electron chi connectivity index (χ0n) is 46.9. The molecule has 0 aromatic carbocycles. The van der Waals surface area contributed by atoms with E-state index in [1.54, 1.807) is 0 Å². The molecule has 0 heterocycles. The Hall–Kier alpha value is -3.93. The van der Waals surface area contributed by atoms with Crippen LogP contribution in [0.2, 0.25) is 0 Å².